The quantitative estimate of drug-likeness (QED) is 0.826. The fourth-order valence-corrected chi connectivity index (χ4v) is 5.29. The average Bonchev–Trinajstić information content (AvgIpc) is 3.46. The van der Waals surface area contributed by atoms with Crippen LogP contribution in [0, 0.1) is 5.92 Å². The Labute approximate surface area is 148 Å². The number of piperidine rings is 1. The van der Waals surface area contributed by atoms with Gasteiger partial charge in [-0.2, -0.15) is 0 Å². The highest BCUT2D eigenvalue weighted by Gasteiger charge is 2.64. The van der Waals surface area contributed by atoms with Crippen LogP contribution in [0.3, 0.4) is 0 Å². The zero-order valence-corrected chi connectivity index (χ0v) is 14.9. The van der Waals surface area contributed by atoms with Crippen LogP contribution in [0.15, 0.2) is 18.2 Å². The van der Waals surface area contributed by atoms with E-state index in [0.29, 0.717) is 19.3 Å². The van der Waals surface area contributed by atoms with Gasteiger partial charge in [0.2, 0.25) is 5.91 Å². The van der Waals surface area contributed by atoms with Gasteiger partial charge in [0.05, 0.1) is 25.2 Å². The Kier molecular flexibility index (Phi) is 3.26. The maximum Gasteiger partial charge on any atom is 0.226 e. The number of carbonyl (C=O) groups excluding carboxylic acids is 1. The van der Waals surface area contributed by atoms with Gasteiger partial charge < -0.3 is 19.1 Å². The summed E-state index contributed by atoms with van der Waals surface area (Å²) in [6.45, 7) is 3.93. The highest BCUT2D eigenvalue weighted by atomic mass is 16.7. The van der Waals surface area contributed by atoms with Gasteiger partial charge in [-0.15, -0.1) is 0 Å². The Hall–Kier alpha value is -1.59. The first-order valence-electron chi connectivity index (χ1n) is 9.29. The Morgan fingerprint density at radius 1 is 1.36 bits per heavy atom. The molecule has 5 rings (SSSR count). The minimum absolute atomic E-state index is 0.0825. The number of carbonyl (C=O) groups is 1. The van der Waals surface area contributed by atoms with Crippen LogP contribution in [0.5, 0.6) is 5.75 Å². The number of benzene rings is 1. The number of ether oxygens (including phenoxy) is 3. The van der Waals surface area contributed by atoms with E-state index in [1.54, 1.807) is 7.11 Å². The van der Waals surface area contributed by atoms with Gasteiger partial charge in [-0.25, -0.2) is 0 Å². The zero-order valence-electron chi connectivity index (χ0n) is 14.9. The molecule has 0 aromatic heterocycles. The summed E-state index contributed by atoms with van der Waals surface area (Å²) < 4.78 is 17.6. The molecule has 0 spiro atoms. The van der Waals surface area contributed by atoms with Gasteiger partial charge in [-0.05, 0) is 55.9 Å². The third-order valence-corrected chi connectivity index (χ3v) is 6.99. The predicted molar refractivity (Wildman–Crippen MR) is 91.5 cm³/mol. The van der Waals surface area contributed by atoms with Crippen molar-refractivity contribution < 1.29 is 19.0 Å². The molecule has 0 N–H and O–H groups in total. The number of fused-ring (bicyclic) bond motifs is 1. The lowest BCUT2D eigenvalue weighted by molar-refractivity contribution is -0.272. The third-order valence-electron chi connectivity index (χ3n) is 6.99. The molecule has 2 saturated heterocycles. The lowest BCUT2D eigenvalue weighted by Gasteiger charge is -2.63. The molecule has 2 bridgehead atoms. The largest absolute Gasteiger partial charge is 0.497 e. The van der Waals surface area contributed by atoms with Crippen molar-refractivity contribution in [2.75, 3.05) is 27.1 Å². The molecule has 1 aromatic carbocycles. The normalized spacial score (nSPS) is 36.4. The third kappa shape index (κ3) is 1.99. The van der Waals surface area contributed by atoms with Crippen molar-refractivity contribution in [1.29, 1.82) is 0 Å². The molecule has 5 heteroatoms. The van der Waals surface area contributed by atoms with Crippen molar-refractivity contribution in [3.8, 4) is 5.75 Å². The fourth-order valence-electron chi connectivity index (χ4n) is 5.29. The smallest absolute Gasteiger partial charge is 0.226 e. The molecule has 2 aliphatic carbocycles. The van der Waals surface area contributed by atoms with Gasteiger partial charge in [0.25, 0.3) is 0 Å². The van der Waals surface area contributed by atoms with Crippen molar-refractivity contribution in [2.45, 2.75) is 49.7 Å². The monoisotopic (exact) mass is 343 g/mol. The van der Waals surface area contributed by atoms with Crippen LogP contribution in [0.2, 0.25) is 0 Å². The second-order valence-electron chi connectivity index (χ2n) is 8.10. The SMILES string of the molecule is COc1ccc2c(c1)[C@]13CCN(C(=O)C4CC4)[C@H](C2)[C@]1(C)OCOC3. The van der Waals surface area contributed by atoms with Crippen LogP contribution in [0.1, 0.15) is 37.3 Å². The molecule has 2 heterocycles. The van der Waals surface area contributed by atoms with Crippen LogP contribution >= 0.6 is 0 Å². The Morgan fingerprint density at radius 2 is 2.20 bits per heavy atom. The fraction of sp³-hybridized carbons (Fsp3) is 0.650. The molecule has 1 aromatic rings. The molecule has 3 fully saturated rings. The Morgan fingerprint density at radius 3 is 2.96 bits per heavy atom. The molecule has 25 heavy (non-hydrogen) atoms. The Balaban J connectivity index is 1.65. The summed E-state index contributed by atoms with van der Waals surface area (Å²) in [5.74, 6) is 1.44. The molecule has 4 aliphatic rings. The van der Waals surface area contributed by atoms with Crippen LogP contribution in [0.25, 0.3) is 0 Å². The summed E-state index contributed by atoms with van der Waals surface area (Å²) in [5.41, 5.74) is 1.96. The van der Waals surface area contributed by atoms with E-state index in [1.165, 1.54) is 11.1 Å². The summed E-state index contributed by atoms with van der Waals surface area (Å²) >= 11 is 0. The highest BCUT2D eigenvalue weighted by Crippen LogP contribution is 2.55. The first-order chi connectivity index (χ1) is 12.1. The maximum absolute atomic E-state index is 12.9. The first-order valence-corrected chi connectivity index (χ1v) is 9.29. The van der Waals surface area contributed by atoms with E-state index in [4.69, 9.17) is 14.2 Å². The summed E-state index contributed by atoms with van der Waals surface area (Å²) in [6.07, 6.45) is 3.80. The molecular weight excluding hydrogens is 318 g/mol. The molecule has 0 unspecified atom stereocenters. The van der Waals surface area contributed by atoms with Crippen LogP contribution in [0.4, 0.5) is 0 Å². The number of hydrogen-bond acceptors (Lipinski definition) is 4. The minimum atomic E-state index is -0.409. The lowest BCUT2D eigenvalue weighted by atomic mass is 9.55. The highest BCUT2D eigenvalue weighted by molar-refractivity contribution is 5.82. The van der Waals surface area contributed by atoms with Gasteiger partial charge >= 0.3 is 0 Å². The van der Waals surface area contributed by atoms with E-state index in [9.17, 15) is 4.79 Å². The van der Waals surface area contributed by atoms with E-state index in [2.05, 4.69) is 24.0 Å². The van der Waals surface area contributed by atoms with Gasteiger partial charge in [0.15, 0.2) is 0 Å². The number of amides is 1. The van der Waals surface area contributed by atoms with Crippen molar-refractivity contribution in [3.05, 3.63) is 29.3 Å². The van der Waals surface area contributed by atoms with Crippen LogP contribution in [-0.4, -0.2) is 49.5 Å². The molecule has 2 aliphatic heterocycles. The van der Waals surface area contributed by atoms with Crippen molar-refractivity contribution >= 4 is 5.91 Å². The second-order valence-corrected chi connectivity index (χ2v) is 8.10. The van der Waals surface area contributed by atoms with E-state index in [0.717, 1.165) is 38.0 Å². The average molecular weight is 343 g/mol. The van der Waals surface area contributed by atoms with Crippen molar-refractivity contribution in [2.24, 2.45) is 5.92 Å². The van der Waals surface area contributed by atoms with Gasteiger partial charge in [0, 0.05) is 12.5 Å². The maximum atomic E-state index is 12.9. The van der Waals surface area contributed by atoms with Crippen LogP contribution in [-0.2, 0) is 26.1 Å². The van der Waals surface area contributed by atoms with E-state index in [-0.39, 0.29) is 17.4 Å². The molecule has 5 nitrogen and oxygen atoms in total. The van der Waals surface area contributed by atoms with Gasteiger partial charge in [-0.1, -0.05) is 6.07 Å². The van der Waals surface area contributed by atoms with Crippen molar-refractivity contribution in [3.63, 3.8) is 0 Å². The molecule has 1 saturated carbocycles. The van der Waals surface area contributed by atoms with E-state index < -0.39 is 5.60 Å². The molecular formula is C20H25NO4. The number of nitrogens with zero attached hydrogens (tertiary/aromatic N) is 1. The van der Waals surface area contributed by atoms with E-state index >= 15 is 0 Å². The topological polar surface area (TPSA) is 48.0 Å². The van der Waals surface area contributed by atoms with E-state index in [1.807, 2.05) is 6.07 Å². The second kappa shape index (κ2) is 5.21. The first kappa shape index (κ1) is 15.6. The summed E-state index contributed by atoms with van der Waals surface area (Å²) in [7, 11) is 1.70. The zero-order chi connectivity index (χ0) is 17.2. The molecule has 0 radical (unpaired) electrons. The molecule has 1 amide bonds. The van der Waals surface area contributed by atoms with Gasteiger partial charge in [-0.3, -0.25) is 4.79 Å². The predicted octanol–water partition coefficient (Wildman–Crippen LogP) is 2.26. The summed E-state index contributed by atoms with van der Waals surface area (Å²) in [4.78, 5) is 15.0. The summed E-state index contributed by atoms with van der Waals surface area (Å²) in [6, 6.07) is 6.41. The van der Waals surface area contributed by atoms with Crippen LogP contribution < -0.4 is 4.74 Å². The minimum Gasteiger partial charge on any atom is -0.497 e. The Bertz CT molecular complexity index is 730. The number of rotatable bonds is 2. The summed E-state index contributed by atoms with van der Waals surface area (Å²) in [5, 5.41) is 0. The lowest BCUT2D eigenvalue weighted by Crippen LogP contribution is -2.74. The molecule has 3 atom stereocenters. The number of likely N-dealkylation sites (tertiary alicyclic amines) is 1. The molecule has 134 valence electrons. The van der Waals surface area contributed by atoms with Crippen molar-refractivity contribution in [1.82, 2.24) is 4.90 Å². The number of hydrogen-bond donors (Lipinski definition) is 0. The standard InChI is InChI=1S/C20H25NO4/c1-19-17-9-14-5-6-15(23-2)10-16(14)20(19,11-24-12-25-19)7-8-21(17)18(22)13-3-4-13/h5-6,10,13,17H,3-4,7-9,11-12H2,1-2H3/t17-,19+,20-/m1/s1. The number of methoxy groups -OCH3 is 1. The van der Waals surface area contributed by atoms with Gasteiger partial charge in [0.1, 0.15) is 18.1 Å².